The van der Waals surface area contributed by atoms with Gasteiger partial charge in [0, 0.05) is 39.3 Å². The van der Waals surface area contributed by atoms with Crippen molar-refractivity contribution in [1.82, 2.24) is 19.7 Å². The summed E-state index contributed by atoms with van der Waals surface area (Å²) in [6.07, 6.45) is 1.19. The van der Waals surface area contributed by atoms with Crippen molar-refractivity contribution in [2.24, 2.45) is 7.05 Å². The van der Waals surface area contributed by atoms with E-state index in [1.165, 1.54) is 6.42 Å². The molecule has 0 amide bonds. The lowest BCUT2D eigenvalue weighted by Crippen LogP contribution is -2.44. The van der Waals surface area contributed by atoms with Gasteiger partial charge in [-0.05, 0) is 18.6 Å². The zero-order valence-electron chi connectivity index (χ0n) is 10.6. The number of H-pyrrole nitrogens is 1. The summed E-state index contributed by atoms with van der Waals surface area (Å²) in [6, 6.07) is 0.624. The molecule has 0 aliphatic carbocycles. The quantitative estimate of drug-likeness (QED) is 0.787. The Morgan fingerprint density at radius 2 is 2.11 bits per heavy atom. The van der Waals surface area contributed by atoms with Crippen LogP contribution in [0.4, 0.5) is 5.95 Å². The van der Waals surface area contributed by atoms with Gasteiger partial charge in [0.2, 0.25) is 5.95 Å². The Balaban J connectivity index is 1.67. The monoisotopic (exact) mass is 269 g/mol. The molecule has 0 spiro atoms. The number of aromatic amines is 1. The highest BCUT2D eigenvalue weighted by Crippen LogP contribution is 2.21. The van der Waals surface area contributed by atoms with Crippen molar-refractivity contribution in [3.05, 3.63) is 4.77 Å². The van der Waals surface area contributed by atoms with E-state index in [0.29, 0.717) is 10.8 Å². The predicted molar refractivity (Wildman–Crippen MR) is 71.4 cm³/mol. The predicted octanol–water partition coefficient (Wildman–Crippen LogP) is 0.389. The van der Waals surface area contributed by atoms with Crippen molar-refractivity contribution in [3.8, 4) is 0 Å². The SMILES string of the molecule is Cn1c(N2CCC(N3CCOCC3)C2)n[nH]c1=S. The summed E-state index contributed by atoms with van der Waals surface area (Å²) in [6.45, 7) is 5.92. The van der Waals surface area contributed by atoms with Gasteiger partial charge in [0.05, 0.1) is 13.2 Å². The van der Waals surface area contributed by atoms with Crippen LogP contribution in [0.1, 0.15) is 6.42 Å². The summed E-state index contributed by atoms with van der Waals surface area (Å²) < 4.78 is 8.02. The van der Waals surface area contributed by atoms with Gasteiger partial charge in [-0.3, -0.25) is 9.47 Å². The van der Waals surface area contributed by atoms with Crippen molar-refractivity contribution in [1.29, 1.82) is 0 Å². The lowest BCUT2D eigenvalue weighted by molar-refractivity contribution is 0.0209. The van der Waals surface area contributed by atoms with Crippen molar-refractivity contribution in [2.75, 3.05) is 44.3 Å². The number of hydrogen-bond donors (Lipinski definition) is 1. The number of aromatic nitrogens is 3. The average Bonchev–Trinajstić information content (AvgIpc) is 3.00. The molecule has 1 N–H and O–H groups in total. The van der Waals surface area contributed by atoms with Crippen LogP contribution >= 0.6 is 12.2 Å². The Kier molecular flexibility index (Phi) is 3.36. The minimum Gasteiger partial charge on any atom is -0.379 e. The Bertz CT molecular complexity index is 464. The fourth-order valence-corrected chi connectivity index (χ4v) is 2.91. The third-order valence-electron chi connectivity index (χ3n) is 3.86. The largest absolute Gasteiger partial charge is 0.379 e. The van der Waals surface area contributed by atoms with E-state index in [4.69, 9.17) is 17.0 Å². The maximum Gasteiger partial charge on any atom is 0.225 e. The fourth-order valence-electron chi connectivity index (χ4n) is 2.79. The molecule has 7 heteroatoms. The first-order chi connectivity index (χ1) is 8.75. The minimum absolute atomic E-state index is 0.624. The number of morpholine rings is 1. The highest BCUT2D eigenvalue weighted by molar-refractivity contribution is 7.71. The van der Waals surface area contributed by atoms with Crippen LogP contribution in [0.15, 0.2) is 0 Å². The molecular weight excluding hydrogens is 250 g/mol. The molecule has 2 saturated heterocycles. The molecule has 0 saturated carbocycles. The van der Waals surface area contributed by atoms with Crippen molar-refractivity contribution < 1.29 is 4.74 Å². The molecule has 1 unspecified atom stereocenters. The molecule has 6 nitrogen and oxygen atoms in total. The number of hydrogen-bond acceptors (Lipinski definition) is 5. The molecule has 0 bridgehead atoms. The fraction of sp³-hybridized carbons (Fsp3) is 0.818. The van der Waals surface area contributed by atoms with E-state index in [2.05, 4.69) is 20.0 Å². The third-order valence-corrected chi connectivity index (χ3v) is 4.23. The second-order valence-corrected chi connectivity index (χ2v) is 5.31. The van der Waals surface area contributed by atoms with Gasteiger partial charge >= 0.3 is 0 Å². The molecule has 2 aliphatic heterocycles. The van der Waals surface area contributed by atoms with Crippen LogP contribution in [0.25, 0.3) is 0 Å². The normalized spacial score (nSPS) is 25.8. The molecule has 2 aliphatic rings. The molecule has 18 heavy (non-hydrogen) atoms. The minimum atomic E-state index is 0.624. The maximum absolute atomic E-state index is 5.40. The van der Waals surface area contributed by atoms with Crippen molar-refractivity contribution in [3.63, 3.8) is 0 Å². The number of nitrogens with zero attached hydrogens (tertiary/aromatic N) is 4. The molecule has 1 aromatic rings. The second-order valence-electron chi connectivity index (χ2n) is 4.92. The van der Waals surface area contributed by atoms with Crippen LogP contribution < -0.4 is 4.90 Å². The van der Waals surface area contributed by atoms with Gasteiger partial charge in [0.25, 0.3) is 0 Å². The van der Waals surface area contributed by atoms with Crippen LogP contribution in [-0.4, -0.2) is 65.1 Å². The first-order valence-electron chi connectivity index (χ1n) is 6.44. The number of ether oxygens (including phenoxy) is 1. The number of rotatable bonds is 2. The van der Waals surface area contributed by atoms with Crippen molar-refractivity contribution >= 4 is 18.2 Å². The van der Waals surface area contributed by atoms with E-state index in [1.54, 1.807) is 0 Å². The first-order valence-corrected chi connectivity index (χ1v) is 6.84. The Hall–Kier alpha value is -0.920. The zero-order chi connectivity index (χ0) is 12.5. The van der Waals surface area contributed by atoms with Crippen molar-refractivity contribution in [2.45, 2.75) is 12.5 Å². The number of anilines is 1. The van der Waals surface area contributed by atoms with E-state index in [-0.39, 0.29) is 0 Å². The maximum atomic E-state index is 5.40. The van der Waals surface area contributed by atoms with Crippen LogP contribution in [0.2, 0.25) is 0 Å². The summed E-state index contributed by atoms with van der Waals surface area (Å²) in [5.41, 5.74) is 0. The lowest BCUT2D eigenvalue weighted by Gasteiger charge is -2.32. The topological polar surface area (TPSA) is 49.3 Å². The summed E-state index contributed by atoms with van der Waals surface area (Å²) in [7, 11) is 1.96. The molecule has 0 radical (unpaired) electrons. The second kappa shape index (κ2) is 4.99. The standard InChI is InChI=1S/C11H19N5OS/c1-14-10(12-13-11(14)18)16-3-2-9(8-16)15-4-6-17-7-5-15/h9H,2-8H2,1H3,(H,13,18). The van der Waals surface area contributed by atoms with E-state index in [0.717, 1.165) is 45.3 Å². The average molecular weight is 269 g/mol. The van der Waals surface area contributed by atoms with Gasteiger partial charge in [-0.1, -0.05) is 0 Å². The van der Waals surface area contributed by atoms with Gasteiger partial charge < -0.3 is 9.64 Å². The van der Waals surface area contributed by atoms with Crippen LogP contribution in [-0.2, 0) is 11.8 Å². The third kappa shape index (κ3) is 2.17. The molecular formula is C11H19N5OS. The van der Waals surface area contributed by atoms with E-state index in [1.807, 2.05) is 11.6 Å². The molecule has 2 fully saturated rings. The van der Waals surface area contributed by atoms with Crippen LogP contribution in [0.3, 0.4) is 0 Å². The summed E-state index contributed by atoms with van der Waals surface area (Å²) in [4.78, 5) is 4.84. The zero-order valence-corrected chi connectivity index (χ0v) is 11.4. The highest BCUT2D eigenvalue weighted by Gasteiger charge is 2.30. The molecule has 100 valence electrons. The lowest BCUT2D eigenvalue weighted by atomic mass is 10.2. The summed E-state index contributed by atoms with van der Waals surface area (Å²) >= 11 is 5.16. The Morgan fingerprint density at radius 3 is 2.78 bits per heavy atom. The van der Waals surface area contributed by atoms with Gasteiger partial charge in [-0.2, -0.15) is 0 Å². The Morgan fingerprint density at radius 1 is 1.33 bits per heavy atom. The molecule has 3 heterocycles. The smallest absolute Gasteiger partial charge is 0.225 e. The first kappa shape index (κ1) is 12.1. The van der Waals surface area contributed by atoms with Gasteiger partial charge in [-0.15, -0.1) is 5.10 Å². The van der Waals surface area contributed by atoms with Crippen LogP contribution in [0, 0.1) is 4.77 Å². The van der Waals surface area contributed by atoms with E-state index in [9.17, 15) is 0 Å². The van der Waals surface area contributed by atoms with E-state index >= 15 is 0 Å². The summed E-state index contributed by atoms with van der Waals surface area (Å²) in [5, 5.41) is 7.15. The summed E-state index contributed by atoms with van der Waals surface area (Å²) in [5.74, 6) is 0.954. The molecule has 1 atom stereocenters. The van der Waals surface area contributed by atoms with Gasteiger partial charge in [-0.25, -0.2) is 5.10 Å². The van der Waals surface area contributed by atoms with E-state index < -0.39 is 0 Å². The van der Waals surface area contributed by atoms with Crippen LogP contribution in [0.5, 0.6) is 0 Å². The van der Waals surface area contributed by atoms with Gasteiger partial charge in [0.1, 0.15) is 0 Å². The molecule has 3 rings (SSSR count). The highest BCUT2D eigenvalue weighted by atomic mass is 32.1. The Labute approximate surface area is 112 Å². The number of nitrogens with one attached hydrogen (secondary N) is 1. The molecule has 0 aromatic carbocycles. The molecule has 1 aromatic heterocycles. The van der Waals surface area contributed by atoms with Gasteiger partial charge in [0.15, 0.2) is 4.77 Å².